The summed E-state index contributed by atoms with van der Waals surface area (Å²) in [5.41, 5.74) is 1.02. The molecule has 3 heterocycles. The molecule has 39 heavy (non-hydrogen) atoms. The first-order valence-electron chi connectivity index (χ1n) is 12.6. The number of benzene rings is 2. The van der Waals surface area contributed by atoms with E-state index in [1.165, 1.54) is 12.1 Å². The Morgan fingerprint density at radius 3 is 2.54 bits per heavy atom. The fraction of sp³-hybridized carbons (Fsp3) is 0.310. The second-order valence-corrected chi connectivity index (χ2v) is 9.93. The fourth-order valence-corrected chi connectivity index (χ4v) is 4.80. The molecular weight excluding hydrogens is 509 g/mol. The lowest BCUT2D eigenvalue weighted by Crippen LogP contribution is -2.45. The van der Waals surface area contributed by atoms with Gasteiger partial charge in [-0.15, -0.1) is 0 Å². The normalized spacial score (nSPS) is 17.9. The first-order chi connectivity index (χ1) is 18.5. The summed E-state index contributed by atoms with van der Waals surface area (Å²) in [4.78, 5) is 20.0. The van der Waals surface area contributed by atoms with Gasteiger partial charge in [-0.1, -0.05) is 12.1 Å². The number of fused-ring (bicyclic) bond motifs is 1. The van der Waals surface area contributed by atoms with Gasteiger partial charge >= 0.3 is 6.18 Å². The Morgan fingerprint density at radius 2 is 1.82 bits per heavy atom. The zero-order valence-electron chi connectivity index (χ0n) is 22.0. The zero-order valence-corrected chi connectivity index (χ0v) is 22.0. The molecule has 0 spiro atoms. The third-order valence-corrected chi connectivity index (χ3v) is 6.66. The molecule has 2 atom stereocenters. The van der Waals surface area contributed by atoms with Gasteiger partial charge in [0.15, 0.2) is 0 Å². The summed E-state index contributed by atoms with van der Waals surface area (Å²) in [5.74, 6) is 1.02. The lowest BCUT2D eigenvalue weighted by molar-refractivity contribution is -0.137. The molecule has 1 amide bonds. The van der Waals surface area contributed by atoms with Crippen LogP contribution >= 0.6 is 0 Å². The van der Waals surface area contributed by atoms with Gasteiger partial charge < -0.3 is 24.3 Å². The van der Waals surface area contributed by atoms with E-state index >= 15 is 0 Å². The number of nitrogens with zero attached hydrogens (tertiary/aromatic N) is 3. The number of ether oxygens (including phenoxy) is 2. The molecule has 4 aromatic rings. The van der Waals surface area contributed by atoms with Crippen LogP contribution in [-0.4, -0.2) is 40.8 Å². The molecule has 1 saturated heterocycles. The monoisotopic (exact) mass is 538 g/mol. The van der Waals surface area contributed by atoms with Crippen molar-refractivity contribution in [2.24, 2.45) is 7.05 Å². The Labute approximate surface area is 224 Å². The third kappa shape index (κ3) is 5.70. The van der Waals surface area contributed by atoms with E-state index < -0.39 is 17.6 Å². The molecule has 204 valence electrons. The second-order valence-electron chi connectivity index (χ2n) is 9.93. The quantitative estimate of drug-likeness (QED) is 0.312. The Balaban J connectivity index is 1.45. The molecule has 0 aliphatic carbocycles. The highest BCUT2D eigenvalue weighted by atomic mass is 19.4. The van der Waals surface area contributed by atoms with Crippen molar-refractivity contribution in [1.82, 2.24) is 9.55 Å². The van der Waals surface area contributed by atoms with Gasteiger partial charge in [-0.25, -0.2) is 0 Å². The van der Waals surface area contributed by atoms with Gasteiger partial charge in [0.25, 0.3) is 5.91 Å². The highest BCUT2D eigenvalue weighted by molar-refractivity contribution is 6.04. The first kappa shape index (κ1) is 26.6. The average Bonchev–Trinajstić information content (AvgIpc) is 3.25. The summed E-state index contributed by atoms with van der Waals surface area (Å²) < 4.78 is 53.4. The van der Waals surface area contributed by atoms with Gasteiger partial charge in [-0.2, -0.15) is 18.2 Å². The molecule has 10 heteroatoms. The number of anilines is 2. The largest absolute Gasteiger partial charge is 0.437 e. The Kier molecular flexibility index (Phi) is 6.98. The summed E-state index contributed by atoms with van der Waals surface area (Å²) >= 11 is 0. The molecule has 2 aromatic heterocycles. The van der Waals surface area contributed by atoms with Crippen molar-refractivity contribution in [3.63, 3.8) is 0 Å². The Hall–Kier alpha value is -4.05. The van der Waals surface area contributed by atoms with Crippen molar-refractivity contribution in [3.05, 3.63) is 77.5 Å². The van der Waals surface area contributed by atoms with Gasteiger partial charge in [-0.3, -0.25) is 4.79 Å². The van der Waals surface area contributed by atoms with Crippen LogP contribution in [0.15, 0.2) is 60.8 Å². The fourth-order valence-electron chi connectivity index (χ4n) is 4.80. The van der Waals surface area contributed by atoms with E-state index in [0.717, 1.165) is 34.4 Å². The lowest BCUT2D eigenvalue weighted by atomic mass is 10.1. The molecule has 2 aromatic carbocycles. The minimum absolute atomic E-state index is 0.0479. The first-order valence-corrected chi connectivity index (χ1v) is 12.6. The van der Waals surface area contributed by atoms with Crippen molar-refractivity contribution in [2.45, 2.75) is 39.2 Å². The maximum Gasteiger partial charge on any atom is 0.416 e. The molecule has 1 aliphatic heterocycles. The van der Waals surface area contributed by atoms with Crippen molar-refractivity contribution >= 4 is 28.3 Å². The number of rotatable bonds is 5. The number of hydrogen-bond donors (Lipinski definition) is 1. The van der Waals surface area contributed by atoms with Crippen LogP contribution in [0.4, 0.5) is 24.7 Å². The minimum atomic E-state index is -4.51. The maximum atomic E-state index is 13.1. The molecule has 7 nitrogen and oxygen atoms in total. The van der Waals surface area contributed by atoms with E-state index in [4.69, 9.17) is 14.5 Å². The van der Waals surface area contributed by atoms with Crippen molar-refractivity contribution < 1.29 is 27.4 Å². The van der Waals surface area contributed by atoms with E-state index in [2.05, 4.69) is 10.2 Å². The van der Waals surface area contributed by atoms with E-state index in [1.807, 2.05) is 50.7 Å². The lowest BCUT2D eigenvalue weighted by Gasteiger charge is -2.36. The van der Waals surface area contributed by atoms with Crippen molar-refractivity contribution in [1.29, 1.82) is 0 Å². The summed E-state index contributed by atoms with van der Waals surface area (Å²) in [6.45, 7) is 7.29. The molecule has 2 unspecified atom stereocenters. The third-order valence-electron chi connectivity index (χ3n) is 6.66. The van der Waals surface area contributed by atoms with Crippen LogP contribution in [0.3, 0.4) is 0 Å². The number of pyridine rings is 1. The number of aromatic nitrogens is 2. The molecule has 1 N–H and O–H groups in total. The number of morpholine rings is 1. The van der Waals surface area contributed by atoms with Crippen LogP contribution in [0.5, 0.6) is 11.6 Å². The van der Waals surface area contributed by atoms with Crippen LogP contribution in [-0.2, 0) is 18.0 Å². The number of amides is 1. The van der Waals surface area contributed by atoms with Gasteiger partial charge in [0.2, 0.25) is 5.88 Å². The summed E-state index contributed by atoms with van der Waals surface area (Å²) in [5, 5.41) is 3.50. The zero-order chi connectivity index (χ0) is 27.9. The Bertz CT molecular complexity index is 1520. The standard InChI is InChI=1S/C29H29F3N4O3/c1-17-8-9-21(27(37)33-23-7-5-6-22(14-23)29(30,31)32)12-24(17)39-28-26-20(10-11-35(26)4)13-25(34-28)36-15-18(2)38-19(3)16-36/h5-14,18-19H,15-16H2,1-4H3,(H,33,37). The van der Waals surface area contributed by atoms with Crippen LogP contribution < -0.4 is 15.0 Å². The van der Waals surface area contributed by atoms with Crippen LogP contribution in [0.25, 0.3) is 10.9 Å². The molecule has 0 radical (unpaired) electrons. The summed E-state index contributed by atoms with van der Waals surface area (Å²) in [6, 6.07) is 13.4. The number of nitrogens with one attached hydrogen (secondary N) is 1. The molecular formula is C29H29F3N4O3. The predicted molar refractivity (Wildman–Crippen MR) is 144 cm³/mol. The number of aryl methyl sites for hydroxylation is 2. The number of halogens is 3. The molecule has 5 rings (SSSR count). The summed E-state index contributed by atoms with van der Waals surface area (Å²) in [6.07, 6.45) is -2.46. The highest BCUT2D eigenvalue weighted by Gasteiger charge is 2.30. The average molecular weight is 539 g/mol. The second kappa shape index (κ2) is 10.3. The number of carbonyl (C=O) groups is 1. The molecule has 0 bridgehead atoms. The SMILES string of the molecule is Cc1ccc(C(=O)Nc2cccc(C(F)(F)F)c2)cc1Oc1nc(N2CC(C)OC(C)C2)cc2ccn(C)c12. The maximum absolute atomic E-state index is 13.1. The highest BCUT2D eigenvalue weighted by Crippen LogP contribution is 2.35. The van der Waals surface area contributed by atoms with Crippen LogP contribution in [0.2, 0.25) is 0 Å². The van der Waals surface area contributed by atoms with Gasteiger partial charge in [0.1, 0.15) is 17.1 Å². The van der Waals surface area contributed by atoms with Gasteiger partial charge in [-0.05, 0) is 68.8 Å². The Morgan fingerprint density at radius 1 is 1.08 bits per heavy atom. The van der Waals surface area contributed by atoms with E-state index in [-0.39, 0.29) is 23.5 Å². The van der Waals surface area contributed by atoms with E-state index in [9.17, 15) is 18.0 Å². The van der Waals surface area contributed by atoms with Gasteiger partial charge in [0.05, 0.1) is 17.8 Å². The molecule has 1 fully saturated rings. The van der Waals surface area contributed by atoms with Crippen LogP contribution in [0.1, 0.15) is 35.3 Å². The molecule has 0 saturated carbocycles. The van der Waals surface area contributed by atoms with E-state index in [1.54, 1.807) is 18.2 Å². The smallest absolute Gasteiger partial charge is 0.416 e. The van der Waals surface area contributed by atoms with Crippen molar-refractivity contribution in [3.8, 4) is 11.6 Å². The van der Waals surface area contributed by atoms with Crippen LogP contribution in [0, 0.1) is 6.92 Å². The van der Waals surface area contributed by atoms with Gasteiger partial charge in [0, 0.05) is 43.0 Å². The predicted octanol–water partition coefficient (Wildman–Crippen LogP) is 6.56. The number of alkyl halides is 3. The number of hydrogen-bond acceptors (Lipinski definition) is 5. The topological polar surface area (TPSA) is 68.6 Å². The summed E-state index contributed by atoms with van der Waals surface area (Å²) in [7, 11) is 1.90. The number of carbonyl (C=O) groups excluding carboxylic acids is 1. The van der Waals surface area contributed by atoms with Crippen molar-refractivity contribution in [2.75, 3.05) is 23.3 Å². The minimum Gasteiger partial charge on any atom is -0.437 e. The molecule has 1 aliphatic rings. The van der Waals surface area contributed by atoms with E-state index in [0.29, 0.717) is 24.7 Å².